The SMILES string of the molecule is C.CCCCBr.CCCCN(CCCC)CCc1ccccc1.CCCCNCCc1ccccc1.NCCc1ccccc1. The molecule has 0 aliphatic heterocycles. The van der Waals surface area contributed by atoms with E-state index in [0.29, 0.717) is 0 Å². The smallest absolute Gasteiger partial charge is 0.00312 e. The molecule has 0 fully saturated rings. The Morgan fingerprint density at radius 2 is 0.956 bits per heavy atom. The van der Waals surface area contributed by atoms with Gasteiger partial charge in [-0.3, -0.25) is 0 Å². The van der Waals surface area contributed by atoms with Gasteiger partial charge in [-0.25, -0.2) is 0 Å². The zero-order valence-corrected chi connectivity index (χ0v) is 30.4. The van der Waals surface area contributed by atoms with E-state index in [1.807, 2.05) is 18.2 Å². The molecule has 0 bridgehead atoms. The van der Waals surface area contributed by atoms with Crippen LogP contribution in [0.1, 0.15) is 103 Å². The molecule has 0 aliphatic carbocycles. The Labute approximate surface area is 288 Å². The van der Waals surface area contributed by atoms with Gasteiger partial charge in [0.2, 0.25) is 0 Å². The molecule has 0 saturated heterocycles. The highest BCUT2D eigenvalue weighted by atomic mass is 79.9. The third-order valence-corrected chi connectivity index (χ3v) is 7.68. The molecule has 0 saturated carbocycles. The van der Waals surface area contributed by atoms with Crippen molar-refractivity contribution in [1.29, 1.82) is 0 Å². The maximum atomic E-state index is 5.36. The van der Waals surface area contributed by atoms with Gasteiger partial charge in [-0.15, -0.1) is 0 Å². The van der Waals surface area contributed by atoms with Gasteiger partial charge in [0.25, 0.3) is 0 Å². The summed E-state index contributed by atoms with van der Waals surface area (Å²) in [6.45, 7) is 15.7. The summed E-state index contributed by atoms with van der Waals surface area (Å²) in [5.41, 5.74) is 9.57. The van der Waals surface area contributed by atoms with Crippen molar-refractivity contribution in [2.75, 3.05) is 44.6 Å². The minimum Gasteiger partial charge on any atom is -0.330 e. The molecule has 0 spiro atoms. The number of benzene rings is 3. The van der Waals surface area contributed by atoms with Crippen LogP contribution in [-0.2, 0) is 19.3 Å². The predicted molar refractivity (Wildman–Crippen MR) is 209 cm³/mol. The van der Waals surface area contributed by atoms with Crippen LogP contribution in [0.4, 0.5) is 0 Å². The summed E-state index contributed by atoms with van der Waals surface area (Å²) in [7, 11) is 0. The van der Waals surface area contributed by atoms with Gasteiger partial charge < -0.3 is 16.0 Å². The summed E-state index contributed by atoms with van der Waals surface area (Å²) in [6, 6.07) is 31.7. The van der Waals surface area contributed by atoms with E-state index in [1.165, 1.54) is 94.1 Å². The molecule has 3 N–H and O–H groups in total. The number of hydrogen-bond donors (Lipinski definition) is 2. The summed E-state index contributed by atoms with van der Waals surface area (Å²) in [5, 5.41) is 4.59. The van der Waals surface area contributed by atoms with Crippen molar-refractivity contribution in [3.8, 4) is 0 Å². The quantitative estimate of drug-likeness (QED) is 0.0975. The lowest BCUT2D eigenvalue weighted by Crippen LogP contribution is -2.28. The Bertz CT molecular complexity index is 911. The highest BCUT2D eigenvalue weighted by Gasteiger charge is 2.03. The lowest BCUT2D eigenvalue weighted by atomic mass is 10.1. The van der Waals surface area contributed by atoms with E-state index in [9.17, 15) is 0 Å². The highest BCUT2D eigenvalue weighted by molar-refractivity contribution is 9.09. The van der Waals surface area contributed by atoms with Crippen molar-refractivity contribution in [2.45, 2.75) is 106 Å². The average molecular weight is 685 g/mol. The molecule has 0 aliphatic rings. The fourth-order valence-corrected chi connectivity index (χ4v) is 4.84. The van der Waals surface area contributed by atoms with E-state index in [0.717, 1.165) is 37.8 Å². The second kappa shape index (κ2) is 36.5. The van der Waals surface area contributed by atoms with Crippen LogP contribution in [0.2, 0.25) is 0 Å². The van der Waals surface area contributed by atoms with Gasteiger partial charge in [-0.2, -0.15) is 0 Å². The standard InChI is InChI=1S/C16H27N.C12H19N.C8H11N.C4H9Br.CH4/c1-3-5-13-17(14-6-4-2)15-12-16-10-8-7-9-11-16;1-2-3-10-13-11-9-12-7-5-4-6-8-12;9-7-6-8-4-2-1-3-5-8;1-2-3-4-5;/h7-11H,3-6,12-15H2,1-2H3;4-8,13H,2-3,9-11H2,1H3;1-5H,6-7,9H2;2-4H2,1H3;1H4. The van der Waals surface area contributed by atoms with Crippen LogP contribution >= 0.6 is 15.9 Å². The molecule has 256 valence electrons. The van der Waals surface area contributed by atoms with Crippen molar-refractivity contribution in [1.82, 2.24) is 10.2 Å². The Morgan fingerprint density at radius 1 is 0.533 bits per heavy atom. The average Bonchev–Trinajstić information content (AvgIpc) is 3.07. The minimum absolute atomic E-state index is 0. The van der Waals surface area contributed by atoms with Gasteiger partial charge in [-0.1, -0.05) is 168 Å². The largest absolute Gasteiger partial charge is 0.330 e. The first-order chi connectivity index (χ1) is 21.6. The summed E-state index contributed by atoms with van der Waals surface area (Å²) in [6.07, 6.45) is 13.7. The lowest BCUT2D eigenvalue weighted by molar-refractivity contribution is 0.268. The summed E-state index contributed by atoms with van der Waals surface area (Å²) in [5.74, 6) is 0. The third kappa shape index (κ3) is 30.4. The van der Waals surface area contributed by atoms with E-state index in [1.54, 1.807) is 0 Å². The van der Waals surface area contributed by atoms with Crippen molar-refractivity contribution >= 4 is 15.9 Å². The molecule has 0 radical (unpaired) electrons. The molecule has 3 aromatic carbocycles. The first-order valence-electron chi connectivity index (χ1n) is 17.5. The molecular formula is C41H70BrN3. The van der Waals surface area contributed by atoms with E-state index < -0.39 is 0 Å². The number of unbranched alkanes of at least 4 members (excludes halogenated alkanes) is 4. The van der Waals surface area contributed by atoms with E-state index in [-0.39, 0.29) is 7.43 Å². The molecule has 0 atom stereocenters. The van der Waals surface area contributed by atoms with Crippen molar-refractivity contribution in [2.24, 2.45) is 5.73 Å². The first-order valence-corrected chi connectivity index (χ1v) is 18.6. The van der Waals surface area contributed by atoms with Crippen LogP contribution in [0, 0.1) is 0 Å². The summed E-state index contributed by atoms with van der Waals surface area (Å²) < 4.78 is 0. The van der Waals surface area contributed by atoms with E-state index in [2.05, 4.69) is 127 Å². The molecule has 0 amide bonds. The van der Waals surface area contributed by atoms with Gasteiger partial charge in [-0.05, 0) is 94.4 Å². The number of nitrogens with zero attached hydrogens (tertiary/aromatic N) is 1. The predicted octanol–water partition coefficient (Wildman–Crippen LogP) is 10.8. The fourth-order valence-electron chi connectivity index (χ4n) is 4.28. The zero-order chi connectivity index (χ0) is 32.4. The second-order valence-electron chi connectivity index (χ2n) is 11.2. The van der Waals surface area contributed by atoms with E-state index >= 15 is 0 Å². The molecule has 3 rings (SSSR count). The van der Waals surface area contributed by atoms with Crippen LogP contribution in [0.5, 0.6) is 0 Å². The number of alkyl halides is 1. The first kappa shape index (κ1) is 45.1. The van der Waals surface area contributed by atoms with Crippen LogP contribution in [-0.4, -0.2) is 49.5 Å². The van der Waals surface area contributed by atoms with Crippen molar-refractivity contribution in [3.63, 3.8) is 0 Å². The Hall–Kier alpha value is -1.98. The van der Waals surface area contributed by atoms with Crippen LogP contribution in [0.3, 0.4) is 0 Å². The van der Waals surface area contributed by atoms with Crippen molar-refractivity contribution < 1.29 is 0 Å². The number of halogens is 1. The number of rotatable bonds is 19. The number of nitrogens with one attached hydrogen (secondary N) is 1. The number of hydrogen-bond acceptors (Lipinski definition) is 3. The topological polar surface area (TPSA) is 41.3 Å². The molecule has 0 heterocycles. The second-order valence-corrected chi connectivity index (χ2v) is 12.0. The lowest BCUT2D eigenvalue weighted by Gasteiger charge is -2.21. The zero-order valence-electron chi connectivity index (χ0n) is 28.8. The monoisotopic (exact) mass is 683 g/mol. The molecule has 45 heavy (non-hydrogen) atoms. The molecule has 0 unspecified atom stereocenters. The van der Waals surface area contributed by atoms with Crippen molar-refractivity contribution in [3.05, 3.63) is 108 Å². The molecule has 4 heteroatoms. The molecule has 3 aromatic rings. The summed E-state index contributed by atoms with van der Waals surface area (Å²) in [4.78, 5) is 2.62. The van der Waals surface area contributed by atoms with Gasteiger partial charge in [0.15, 0.2) is 0 Å². The maximum Gasteiger partial charge on any atom is 0.00312 e. The maximum absolute atomic E-state index is 5.36. The van der Waals surface area contributed by atoms with Gasteiger partial charge in [0.05, 0.1) is 0 Å². The van der Waals surface area contributed by atoms with E-state index in [4.69, 9.17) is 5.73 Å². The highest BCUT2D eigenvalue weighted by Crippen LogP contribution is 2.04. The third-order valence-electron chi connectivity index (χ3n) is 7.12. The van der Waals surface area contributed by atoms with Gasteiger partial charge in [0, 0.05) is 11.9 Å². The van der Waals surface area contributed by atoms with Crippen LogP contribution in [0.15, 0.2) is 91.0 Å². The van der Waals surface area contributed by atoms with Crippen LogP contribution in [0.25, 0.3) is 0 Å². The Kier molecular flexibility index (Phi) is 36.6. The normalized spacial score (nSPS) is 9.93. The Morgan fingerprint density at radius 3 is 1.33 bits per heavy atom. The number of nitrogens with two attached hydrogens (primary N) is 1. The van der Waals surface area contributed by atoms with Gasteiger partial charge >= 0.3 is 0 Å². The minimum atomic E-state index is 0. The van der Waals surface area contributed by atoms with Crippen LogP contribution < -0.4 is 11.1 Å². The summed E-state index contributed by atoms with van der Waals surface area (Å²) >= 11 is 3.31. The van der Waals surface area contributed by atoms with Gasteiger partial charge in [0.1, 0.15) is 0 Å². The molecule has 3 nitrogen and oxygen atoms in total. The Balaban J connectivity index is 0. The fraction of sp³-hybridized carbons (Fsp3) is 0.561. The molecular weight excluding hydrogens is 614 g/mol. The molecule has 0 aromatic heterocycles.